The lowest BCUT2D eigenvalue weighted by atomic mass is 9.74. The molecule has 0 unspecified atom stereocenters. The Morgan fingerprint density at radius 3 is 1.50 bits per heavy atom. The van der Waals surface area contributed by atoms with Gasteiger partial charge in [-0.2, -0.15) is 0 Å². The summed E-state index contributed by atoms with van der Waals surface area (Å²) in [5.41, 5.74) is 2.12. The van der Waals surface area contributed by atoms with E-state index in [1.807, 2.05) is 41.5 Å². The van der Waals surface area contributed by atoms with Crippen LogP contribution < -0.4 is 0 Å². The second kappa shape index (κ2) is 9.22. The largest absolute Gasteiger partial charge is 0.508 e. The van der Waals surface area contributed by atoms with E-state index in [9.17, 15) is 15.3 Å². The topological polar surface area (TPSA) is 80.9 Å². The van der Waals surface area contributed by atoms with Gasteiger partial charge >= 0.3 is 0 Å². The SMILES string of the molecule is CC(C)(C)c1c(O)ccc(O)c1C(C)(C)C.CCCCc1cc(O)ccc1O. The quantitative estimate of drug-likeness (QED) is 0.477. The van der Waals surface area contributed by atoms with Gasteiger partial charge in [0.2, 0.25) is 0 Å². The maximum Gasteiger partial charge on any atom is 0.119 e. The predicted molar refractivity (Wildman–Crippen MR) is 116 cm³/mol. The molecular weight excluding hydrogens is 352 g/mol. The molecule has 0 atom stereocenters. The Hall–Kier alpha value is -2.36. The lowest BCUT2D eigenvalue weighted by Crippen LogP contribution is -2.22. The van der Waals surface area contributed by atoms with Gasteiger partial charge in [-0.3, -0.25) is 0 Å². The van der Waals surface area contributed by atoms with Crippen molar-refractivity contribution in [3.63, 3.8) is 0 Å². The molecule has 0 radical (unpaired) electrons. The highest BCUT2D eigenvalue weighted by Crippen LogP contribution is 2.43. The number of aromatic hydroxyl groups is 4. The van der Waals surface area contributed by atoms with Crippen LogP contribution in [0.4, 0.5) is 0 Å². The first kappa shape index (κ1) is 23.7. The molecule has 0 aromatic heterocycles. The number of unbranched alkanes of at least 4 members (excludes halogenated alkanes) is 1. The Morgan fingerprint density at radius 1 is 0.679 bits per heavy atom. The number of aryl methyl sites for hydroxylation is 1. The van der Waals surface area contributed by atoms with E-state index in [4.69, 9.17) is 5.11 Å². The summed E-state index contributed by atoms with van der Waals surface area (Å²) in [6.07, 6.45) is 2.96. The summed E-state index contributed by atoms with van der Waals surface area (Å²) in [6, 6.07) is 7.76. The van der Waals surface area contributed by atoms with E-state index >= 15 is 0 Å². The van der Waals surface area contributed by atoms with E-state index in [2.05, 4.69) is 6.92 Å². The van der Waals surface area contributed by atoms with Crippen LogP contribution in [0.25, 0.3) is 0 Å². The summed E-state index contributed by atoms with van der Waals surface area (Å²) in [7, 11) is 0. The molecular formula is C24H36O4. The highest BCUT2D eigenvalue weighted by molar-refractivity contribution is 5.53. The number of phenolic OH excluding ortho intramolecular Hbond substituents is 4. The van der Waals surface area contributed by atoms with Crippen LogP contribution in [0.5, 0.6) is 23.0 Å². The van der Waals surface area contributed by atoms with E-state index in [0.29, 0.717) is 0 Å². The van der Waals surface area contributed by atoms with Gasteiger partial charge in [0.05, 0.1) is 0 Å². The summed E-state index contributed by atoms with van der Waals surface area (Å²) >= 11 is 0. The zero-order valence-electron chi connectivity index (χ0n) is 18.3. The number of phenols is 4. The van der Waals surface area contributed by atoms with Crippen molar-refractivity contribution in [3.05, 3.63) is 47.0 Å². The van der Waals surface area contributed by atoms with Crippen LogP contribution in [0.3, 0.4) is 0 Å². The number of rotatable bonds is 3. The van der Waals surface area contributed by atoms with Gasteiger partial charge in [-0.15, -0.1) is 0 Å². The van der Waals surface area contributed by atoms with Gasteiger partial charge in [0.15, 0.2) is 0 Å². The molecule has 0 bridgehead atoms. The first-order valence-corrected chi connectivity index (χ1v) is 9.85. The molecule has 2 aromatic rings. The summed E-state index contributed by atoms with van der Waals surface area (Å²) in [4.78, 5) is 0. The minimum absolute atomic E-state index is 0.189. The van der Waals surface area contributed by atoms with E-state index < -0.39 is 0 Å². The fourth-order valence-electron chi connectivity index (χ4n) is 3.24. The smallest absolute Gasteiger partial charge is 0.119 e. The zero-order chi connectivity index (χ0) is 21.7. The molecule has 0 aliphatic carbocycles. The Balaban J connectivity index is 0.000000292. The molecule has 0 aliphatic heterocycles. The van der Waals surface area contributed by atoms with Crippen molar-refractivity contribution in [2.24, 2.45) is 0 Å². The van der Waals surface area contributed by atoms with Crippen molar-refractivity contribution in [1.29, 1.82) is 0 Å². The number of hydrogen-bond acceptors (Lipinski definition) is 4. The molecule has 156 valence electrons. The molecule has 0 fully saturated rings. The molecule has 4 heteroatoms. The van der Waals surface area contributed by atoms with Crippen molar-refractivity contribution in [2.45, 2.75) is 78.6 Å². The van der Waals surface area contributed by atoms with E-state index in [1.54, 1.807) is 18.2 Å². The standard InChI is InChI=1S/C14H22O2.C10H14O2/c1-13(2,3)11-9(15)7-8-10(16)12(11)14(4,5)6;1-2-3-4-8-7-9(11)5-6-10(8)12/h7-8,15-16H,1-6H3;5-7,11-12H,2-4H2,1H3. The first-order valence-electron chi connectivity index (χ1n) is 9.85. The van der Waals surface area contributed by atoms with Gasteiger partial charge in [-0.05, 0) is 59.6 Å². The summed E-state index contributed by atoms with van der Waals surface area (Å²) < 4.78 is 0. The van der Waals surface area contributed by atoms with Crippen LogP contribution >= 0.6 is 0 Å². The maximum absolute atomic E-state index is 10.0. The second-order valence-corrected chi connectivity index (χ2v) is 9.27. The fraction of sp³-hybridized carbons (Fsp3) is 0.500. The van der Waals surface area contributed by atoms with Crippen LogP contribution in [-0.4, -0.2) is 20.4 Å². The highest BCUT2D eigenvalue weighted by atomic mass is 16.3. The third-order valence-electron chi connectivity index (χ3n) is 4.52. The third-order valence-corrected chi connectivity index (χ3v) is 4.52. The zero-order valence-corrected chi connectivity index (χ0v) is 18.3. The van der Waals surface area contributed by atoms with Crippen molar-refractivity contribution < 1.29 is 20.4 Å². The molecule has 0 heterocycles. The molecule has 0 saturated heterocycles. The van der Waals surface area contributed by atoms with Crippen LogP contribution in [0.1, 0.15) is 78.0 Å². The van der Waals surface area contributed by atoms with Crippen molar-refractivity contribution in [1.82, 2.24) is 0 Å². The summed E-state index contributed by atoms with van der Waals surface area (Å²) in [5.74, 6) is 1.02. The van der Waals surface area contributed by atoms with Gasteiger partial charge < -0.3 is 20.4 Å². The Bertz CT molecular complexity index is 741. The van der Waals surface area contributed by atoms with Gasteiger partial charge in [0.25, 0.3) is 0 Å². The molecule has 0 amide bonds. The average molecular weight is 389 g/mol. The molecule has 28 heavy (non-hydrogen) atoms. The number of benzene rings is 2. The van der Waals surface area contributed by atoms with E-state index in [1.165, 1.54) is 12.1 Å². The van der Waals surface area contributed by atoms with Crippen LogP contribution in [0.15, 0.2) is 30.3 Å². The molecule has 0 saturated carbocycles. The molecule has 2 rings (SSSR count). The van der Waals surface area contributed by atoms with Crippen molar-refractivity contribution >= 4 is 0 Å². The number of hydrogen-bond donors (Lipinski definition) is 4. The van der Waals surface area contributed by atoms with Crippen molar-refractivity contribution in [3.8, 4) is 23.0 Å². The Kier molecular flexibility index (Phi) is 7.80. The van der Waals surface area contributed by atoms with Crippen LogP contribution in [-0.2, 0) is 17.3 Å². The molecule has 0 aliphatic rings. The molecule has 4 nitrogen and oxygen atoms in total. The lowest BCUT2D eigenvalue weighted by Gasteiger charge is -2.31. The average Bonchev–Trinajstić information content (AvgIpc) is 2.56. The minimum atomic E-state index is -0.189. The predicted octanol–water partition coefficient (Wildman–Crippen LogP) is 6.13. The second-order valence-electron chi connectivity index (χ2n) is 9.27. The summed E-state index contributed by atoms with van der Waals surface area (Å²) in [6.45, 7) is 14.3. The molecule has 0 spiro atoms. The minimum Gasteiger partial charge on any atom is -0.508 e. The van der Waals surface area contributed by atoms with Gasteiger partial charge in [-0.1, -0.05) is 54.9 Å². The normalized spacial score (nSPS) is 11.7. The summed E-state index contributed by atoms with van der Waals surface area (Å²) in [5, 5.41) is 38.5. The monoisotopic (exact) mass is 388 g/mol. The molecule has 4 N–H and O–H groups in total. The van der Waals surface area contributed by atoms with Crippen LogP contribution in [0.2, 0.25) is 0 Å². The first-order chi connectivity index (χ1) is 12.8. The van der Waals surface area contributed by atoms with Gasteiger partial charge in [-0.25, -0.2) is 0 Å². The van der Waals surface area contributed by atoms with Crippen molar-refractivity contribution in [2.75, 3.05) is 0 Å². The fourth-order valence-corrected chi connectivity index (χ4v) is 3.24. The lowest BCUT2D eigenvalue weighted by molar-refractivity contribution is 0.409. The van der Waals surface area contributed by atoms with Crippen LogP contribution in [0, 0.1) is 0 Å². The van der Waals surface area contributed by atoms with Gasteiger partial charge in [0.1, 0.15) is 23.0 Å². The van der Waals surface area contributed by atoms with E-state index in [0.717, 1.165) is 36.0 Å². The van der Waals surface area contributed by atoms with E-state index in [-0.39, 0.29) is 33.8 Å². The van der Waals surface area contributed by atoms with Gasteiger partial charge in [0, 0.05) is 11.1 Å². The Labute approximate surface area is 169 Å². The maximum atomic E-state index is 10.0. The Morgan fingerprint density at radius 2 is 1.11 bits per heavy atom. The molecule has 2 aromatic carbocycles. The highest BCUT2D eigenvalue weighted by Gasteiger charge is 2.30. The third kappa shape index (κ3) is 6.36.